The number of rotatable bonds is 5. The molecule has 0 aromatic rings. The molecule has 0 aliphatic carbocycles. The lowest BCUT2D eigenvalue weighted by atomic mass is 9.97. The molecule has 0 aromatic carbocycles. The summed E-state index contributed by atoms with van der Waals surface area (Å²) in [6.07, 6.45) is 4.97. The quantitative estimate of drug-likeness (QED) is 0.683. The molecule has 2 saturated heterocycles. The van der Waals surface area contributed by atoms with E-state index in [0.29, 0.717) is 37.4 Å². The number of nitrogens with zero attached hydrogens (tertiary/aromatic N) is 2. The first kappa shape index (κ1) is 20.0. The highest BCUT2D eigenvalue weighted by molar-refractivity contribution is 7.70. The molecule has 1 amide bonds. The number of morpholine rings is 1. The molecule has 2 fully saturated rings. The first-order chi connectivity index (χ1) is 12.4. The predicted molar refractivity (Wildman–Crippen MR) is 95.5 cm³/mol. The van der Waals surface area contributed by atoms with Crippen molar-refractivity contribution in [2.75, 3.05) is 19.6 Å². The highest BCUT2D eigenvalue weighted by atomic mass is 32.2. The molecular weight excluding hydrogens is 360 g/mol. The Morgan fingerprint density at radius 3 is 2.50 bits per heavy atom. The van der Waals surface area contributed by atoms with E-state index < -0.39 is 28.9 Å². The van der Waals surface area contributed by atoms with Crippen molar-refractivity contribution in [2.45, 2.75) is 32.3 Å². The second-order valence-corrected chi connectivity index (χ2v) is 7.16. The molecule has 0 saturated carbocycles. The zero-order valence-electron chi connectivity index (χ0n) is 14.7. The Labute approximate surface area is 154 Å². The fourth-order valence-corrected chi connectivity index (χ4v) is 3.88. The lowest BCUT2D eigenvalue weighted by Gasteiger charge is -2.36. The van der Waals surface area contributed by atoms with Crippen molar-refractivity contribution in [3.05, 3.63) is 36.3 Å². The molecule has 2 rings (SSSR count). The number of thiol groups is 1. The number of amides is 1. The monoisotopic (exact) mass is 384 g/mol. The maximum Gasteiger partial charge on any atom is 0.306 e. The Morgan fingerprint density at radius 1 is 1.35 bits per heavy atom. The van der Waals surface area contributed by atoms with Gasteiger partial charge in [-0.25, -0.2) is 8.42 Å². The maximum absolute atomic E-state index is 12.5. The molecule has 2 aliphatic heterocycles. The molecule has 1 N–H and O–H groups in total. The minimum absolute atomic E-state index is 0.0306. The van der Waals surface area contributed by atoms with Gasteiger partial charge in [-0.2, -0.15) is 0 Å². The van der Waals surface area contributed by atoms with E-state index in [9.17, 15) is 18.0 Å². The van der Waals surface area contributed by atoms with Crippen LogP contribution in [0.15, 0.2) is 36.3 Å². The van der Waals surface area contributed by atoms with Gasteiger partial charge in [-0.1, -0.05) is 18.7 Å². The smallest absolute Gasteiger partial charge is 0.306 e. The Balaban J connectivity index is 2.04. The van der Waals surface area contributed by atoms with Gasteiger partial charge in [0.05, 0.1) is 24.6 Å². The number of hydrogen-bond acceptors (Lipinski definition) is 5. The largest absolute Gasteiger partial charge is 0.486 e. The molecule has 144 valence electrons. The topological polar surface area (TPSA) is 104 Å². The fraction of sp³-hybridized carbons (Fsp3) is 0.529. The summed E-state index contributed by atoms with van der Waals surface area (Å²) in [6.45, 7) is 6.14. The van der Waals surface area contributed by atoms with Crippen LogP contribution in [0.1, 0.15) is 26.2 Å². The van der Waals surface area contributed by atoms with Crippen LogP contribution in [-0.2, 0) is 25.2 Å². The maximum atomic E-state index is 12.5. The summed E-state index contributed by atoms with van der Waals surface area (Å²) in [5.41, 5.74) is 0.423. The summed E-state index contributed by atoms with van der Waals surface area (Å²) < 4.78 is 30.1. The molecular formula is C17H24N2O6S. The van der Waals surface area contributed by atoms with Gasteiger partial charge in [0.2, 0.25) is 16.8 Å². The lowest BCUT2D eigenvalue weighted by Crippen LogP contribution is -2.45. The second kappa shape index (κ2) is 8.88. The Kier molecular flexibility index (Phi) is 6.84. The highest BCUT2D eigenvalue weighted by Gasteiger charge is 2.33. The van der Waals surface area contributed by atoms with Crippen LogP contribution in [0.25, 0.3) is 0 Å². The minimum Gasteiger partial charge on any atom is -0.486 e. The van der Waals surface area contributed by atoms with E-state index in [1.165, 1.54) is 10.4 Å². The van der Waals surface area contributed by atoms with Gasteiger partial charge in [-0.15, -0.1) is 0 Å². The second-order valence-electron chi connectivity index (χ2n) is 6.20. The molecule has 0 radical (unpaired) electrons. The van der Waals surface area contributed by atoms with Crippen molar-refractivity contribution in [3.8, 4) is 0 Å². The zero-order chi connectivity index (χ0) is 19.3. The highest BCUT2D eigenvalue weighted by Crippen LogP contribution is 2.27. The van der Waals surface area contributed by atoms with Crippen LogP contribution in [-0.4, -0.2) is 60.3 Å². The van der Waals surface area contributed by atoms with Crippen LogP contribution in [0.2, 0.25) is 0 Å². The number of carbonyl (C=O) groups is 2. The van der Waals surface area contributed by atoms with E-state index in [1.54, 1.807) is 24.0 Å². The van der Waals surface area contributed by atoms with E-state index in [2.05, 4.69) is 6.58 Å². The number of carbonyl (C=O) groups excluding carboxylic acids is 1. The molecule has 2 aliphatic rings. The van der Waals surface area contributed by atoms with Crippen molar-refractivity contribution in [1.82, 2.24) is 9.21 Å². The number of ether oxygens (including phenoxy) is 1. The zero-order valence-corrected chi connectivity index (χ0v) is 15.6. The third-order valence-electron chi connectivity index (χ3n) is 4.54. The van der Waals surface area contributed by atoms with Crippen molar-refractivity contribution >= 4 is 22.8 Å². The van der Waals surface area contributed by atoms with E-state index >= 15 is 0 Å². The summed E-state index contributed by atoms with van der Waals surface area (Å²) >= 11 is 0. The van der Waals surface area contributed by atoms with Crippen LogP contribution in [0.5, 0.6) is 0 Å². The average molecular weight is 384 g/mol. The lowest BCUT2D eigenvalue weighted by molar-refractivity contribution is -0.146. The predicted octanol–water partition coefficient (Wildman–Crippen LogP) is 0.901. The van der Waals surface area contributed by atoms with Gasteiger partial charge in [0, 0.05) is 13.1 Å². The number of likely N-dealkylation sites (tertiary alicyclic amines) is 1. The van der Waals surface area contributed by atoms with Gasteiger partial charge in [-0.3, -0.25) is 13.9 Å². The number of carboxylic acids is 1. The summed E-state index contributed by atoms with van der Waals surface area (Å²) in [5.74, 6) is -1.05. The van der Waals surface area contributed by atoms with Crippen LogP contribution in [0.3, 0.4) is 0 Å². The summed E-state index contributed by atoms with van der Waals surface area (Å²) in [6, 6.07) is 0. The van der Waals surface area contributed by atoms with Crippen LogP contribution >= 0.6 is 0 Å². The average Bonchev–Trinajstić information content (AvgIpc) is 2.61. The van der Waals surface area contributed by atoms with E-state index in [-0.39, 0.29) is 18.9 Å². The molecule has 9 heteroatoms. The number of allylic oxidation sites excluding steroid dienone is 3. The Morgan fingerprint density at radius 2 is 2.00 bits per heavy atom. The summed E-state index contributed by atoms with van der Waals surface area (Å²) in [7, 11) is -2.86. The molecule has 1 atom stereocenters. The van der Waals surface area contributed by atoms with E-state index in [4.69, 9.17) is 9.84 Å². The minimum atomic E-state index is -2.86. The Hall–Kier alpha value is -2.29. The van der Waals surface area contributed by atoms with Gasteiger partial charge in [0.1, 0.15) is 11.9 Å². The summed E-state index contributed by atoms with van der Waals surface area (Å²) in [5, 5.41) is 9.03. The molecule has 1 unspecified atom stereocenters. The third-order valence-corrected chi connectivity index (χ3v) is 5.31. The SMILES string of the molecule is C=C/C=C1/OC(CC(=O)N2CCC(C(=O)O)CC2)CN([SH](=O)=O)/C1=C/C. The van der Waals surface area contributed by atoms with E-state index in [0.717, 1.165) is 0 Å². The van der Waals surface area contributed by atoms with Crippen LogP contribution < -0.4 is 0 Å². The number of hydrogen-bond donors (Lipinski definition) is 2. The first-order valence-corrected chi connectivity index (χ1v) is 9.58. The normalized spacial score (nSPS) is 24.8. The standard InChI is InChI=1S/C17H24N2O6S/c1-3-5-15-14(4-2)19(26(23)24)11-13(25-15)10-16(20)18-8-6-12(7-9-18)17(21)22/h3-5,12-13,26H,1,6-11H2,2H3,(H,21,22)/b14-4+,15-5+. The molecule has 26 heavy (non-hydrogen) atoms. The van der Waals surface area contributed by atoms with Gasteiger partial charge in [0.15, 0.2) is 0 Å². The first-order valence-electron chi connectivity index (χ1n) is 8.45. The molecule has 8 nitrogen and oxygen atoms in total. The molecule has 0 bridgehead atoms. The van der Waals surface area contributed by atoms with Crippen molar-refractivity contribution in [1.29, 1.82) is 0 Å². The number of aliphatic carboxylic acids is 1. The molecule has 0 aromatic heterocycles. The number of piperidine rings is 1. The van der Waals surface area contributed by atoms with Gasteiger partial charge >= 0.3 is 5.97 Å². The van der Waals surface area contributed by atoms with Crippen LogP contribution in [0, 0.1) is 5.92 Å². The van der Waals surface area contributed by atoms with Crippen molar-refractivity contribution < 1.29 is 27.9 Å². The van der Waals surface area contributed by atoms with Gasteiger partial charge < -0.3 is 14.7 Å². The number of carboxylic acid groups (broad SMARTS) is 1. The summed E-state index contributed by atoms with van der Waals surface area (Å²) in [4.78, 5) is 25.1. The van der Waals surface area contributed by atoms with Crippen LogP contribution in [0.4, 0.5) is 0 Å². The van der Waals surface area contributed by atoms with E-state index in [1.807, 2.05) is 0 Å². The van der Waals surface area contributed by atoms with Gasteiger partial charge in [-0.05, 0) is 25.8 Å². The van der Waals surface area contributed by atoms with Crippen molar-refractivity contribution in [2.24, 2.45) is 5.92 Å². The molecule has 0 spiro atoms. The Bertz CT molecular complexity index is 696. The molecule has 2 heterocycles. The van der Waals surface area contributed by atoms with Crippen molar-refractivity contribution in [3.63, 3.8) is 0 Å². The van der Waals surface area contributed by atoms with Gasteiger partial charge in [0.25, 0.3) is 0 Å². The fourth-order valence-electron chi connectivity index (χ4n) is 3.18. The third kappa shape index (κ3) is 4.66.